The molecule has 5 nitrogen and oxygen atoms in total. The van der Waals surface area contributed by atoms with Gasteiger partial charge in [-0.15, -0.1) is 11.6 Å². The number of hydrogen-bond acceptors (Lipinski definition) is 4. The SMILES string of the molecule is COC(=O)CC1CN(C(=O)C(C)CCl)CCO1. The van der Waals surface area contributed by atoms with Gasteiger partial charge in [0.2, 0.25) is 5.91 Å². The van der Waals surface area contributed by atoms with Gasteiger partial charge in [-0.25, -0.2) is 0 Å². The van der Waals surface area contributed by atoms with Crippen molar-refractivity contribution in [3.63, 3.8) is 0 Å². The second kappa shape index (κ2) is 6.81. The van der Waals surface area contributed by atoms with Crippen LogP contribution in [0.15, 0.2) is 0 Å². The molecule has 1 aliphatic rings. The summed E-state index contributed by atoms with van der Waals surface area (Å²) >= 11 is 5.66. The Balaban J connectivity index is 2.48. The number of morpholine rings is 1. The second-order valence-electron chi connectivity index (χ2n) is 4.11. The number of halogens is 1. The van der Waals surface area contributed by atoms with Crippen LogP contribution in [0.3, 0.4) is 0 Å². The van der Waals surface area contributed by atoms with Crippen molar-refractivity contribution in [1.82, 2.24) is 4.90 Å². The van der Waals surface area contributed by atoms with Crippen molar-refractivity contribution in [2.24, 2.45) is 5.92 Å². The third-order valence-electron chi connectivity index (χ3n) is 2.73. The molecular weight excluding hydrogens is 246 g/mol. The van der Waals surface area contributed by atoms with Crippen LogP contribution >= 0.6 is 11.6 Å². The molecule has 0 spiro atoms. The summed E-state index contributed by atoms with van der Waals surface area (Å²) in [5, 5.41) is 0. The number of esters is 1. The molecule has 1 rings (SSSR count). The molecule has 1 fully saturated rings. The first kappa shape index (κ1) is 14.3. The maximum absolute atomic E-state index is 11.9. The normalized spacial score (nSPS) is 22.1. The van der Waals surface area contributed by atoms with Crippen LogP contribution in [-0.4, -0.2) is 55.6 Å². The molecule has 0 bridgehead atoms. The molecule has 1 amide bonds. The highest BCUT2D eigenvalue weighted by Gasteiger charge is 2.28. The Bertz CT molecular complexity index is 285. The Kier molecular flexibility index (Phi) is 5.71. The number of carbonyl (C=O) groups is 2. The molecule has 1 saturated heterocycles. The van der Waals surface area contributed by atoms with Crippen LogP contribution in [-0.2, 0) is 19.1 Å². The van der Waals surface area contributed by atoms with Crippen molar-refractivity contribution in [2.45, 2.75) is 19.4 Å². The smallest absolute Gasteiger partial charge is 0.308 e. The number of rotatable bonds is 4. The molecule has 2 atom stereocenters. The van der Waals surface area contributed by atoms with E-state index in [-0.39, 0.29) is 30.3 Å². The van der Waals surface area contributed by atoms with Gasteiger partial charge in [0.1, 0.15) is 0 Å². The zero-order valence-electron chi connectivity index (χ0n) is 10.1. The molecule has 1 aliphatic heterocycles. The van der Waals surface area contributed by atoms with Crippen LogP contribution in [0, 0.1) is 5.92 Å². The van der Waals surface area contributed by atoms with Crippen LogP contribution in [0.2, 0.25) is 0 Å². The Labute approximate surface area is 106 Å². The lowest BCUT2D eigenvalue weighted by molar-refractivity contribution is -0.151. The van der Waals surface area contributed by atoms with Crippen molar-refractivity contribution in [1.29, 1.82) is 0 Å². The summed E-state index contributed by atoms with van der Waals surface area (Å²) in [4.78, 5) is 24.7. The second-order valence-corrected chi connectivity index (χ2v) is 4.42. The predicted octanol–water partition coefficient (Wildman–Crippen LogP) is 0.652. The minimum absolute atomic E-state index is 0.0122. The first-order valence-electron chi connectivity index (χ1n) is 5.61. The highest BCUT2D eigenvalue weighted by molar-refractivity contribution is 6.19. The summed E-state index contributed by atoms with van der Waals surface area (Å²) in [5.41, 5.74) is 0. The number of amides is 1. The van der Waals surface area contributed by atoms with Gasteiger partial charge in [-0.2, -0.15) is 0 Å². The molecule has 0 aromatic carbocycles. The molecule has 0 radical (unpaired) electrons. The maximum atomic E-state index is 11.9. The van der Waals surface area contributed by atoms with Gasteiger partial charge in [0.15, 0.2) is 0 Å². The van der Waals surface area contributed by atoms with E-state index in [2.05, 4.69) is 4.74 Å². The van der Waals surface area contributed by atoms with Crippen molar-refractivity contribution in [3.05, 3.63) is 0 Å². The largest absolute Gasteiger partial charge is 0.469 e. The topological polar surface area (TPSA) is 55.8 Å². The van der Waals surface area contributed by atoms with Gasteiger partial charge in [0.05, 0.1) is 26.2 Å². The number of alkyl halides is 1. The van der Waals surface area contributed by atoms with E-state index in [4.69, 9.17) is 16.3 Å². The molecule has 0 aromatic rings. The van der Waals surface area contributed by atoms with Crippen LogP contribution in [0.25, 0.3) is 0 Å². The average Bonchev–Trinajstić information content (AvgIpc) is 2.37. The van der Waals surface area contributed by atoms with Gasteiger partial charge in [-0.1, -0.05) is 6.92 Å². The van der Waals surface area contributed by atoms with E-state index in [9.17, 15) is 9.59 Å². The molecule has 17 heavy (non-hydrogen) atoms. The van der Waals surface area contributed by atoms with E-state index in [1.165, 1.54) is 7.11 Å². The number of ether oxygens (including phenoxy) is 2. The zero-order chi connectivity index (χ0) is 12.8. The Morgan fingerprint density at radius 3 is 2.88 bits per heavy atom. The van der Waals surface area contributed by atoms with E-state index in [1.807, 2.05) is 0 Å². The first-order chi connectivity index (χ1) is 8.08. The molecule has 0 saturated carbocycles. The summed E-state index contributed by atoms with van der Waals surface area (Å²) in [5.74, 6) is -0.209. The van der Waals surface area contributed by atoms with Crippen LogP contribution in [0.1, 0.15) is 13.3 Å². The van der Waals surface area contributed by atoms with Gasteiger partial charge >= 0.3 is 5.97 Å². The fourth-order valence-electron chi connectivity index (χ4n) is 1.69. The molecule has 1 heterocycles. The average molecular weight is 264 g/mol. The summed E-state index contributed by atoms with van der Waals surface area (Å²) in [6.45, 7) is 3.22. The molecular formula is C11H18ClNO4. The zero-order valence-corrected chi connectivity index (χ0v) is 10.9. The van der Waals surface area contributed by atoms with E-state index in [1.54, 1.807) is 11.8 Å². The lowest BCUT2D eigenvalue weighted by Gasteiger charge is -2.33. The van der Waals surface area contributed by atoms with E-state index in [0.29, 0.717) is 25.6 Å². The summed E-state index contributed by atoms with van der Waals surface area (Å²) in [7, 11) is 1.34. The highest BCUT2D eigenvalue weighted by atomic mass is 35.5. The number of methoxy groups -OCH3 is 1. The minimum Gasteiger partial charge on any atom is -0.469 e. The minimum atomic E-state index is -0.324. The summed E-state index contributed by atoms with van der Waals surface area (Å²) in [6, 6.07) is 0. The van der Waals surface area contributed by atoms with Gasteiger partial charge in [-0.3, -0.25) is 9.59 Å². The Morgan fingerprint density at radius 2 is 2.29 bits per heavy atom. The third kappa shape index (κ3) is 4.16. The molecule has 98 valence electrons. The van der Waals surface area contributed by atoms with Gasteiger partial charge < -0.3 is 14.4 Å². The van der Waals surface area contributed by atoms with Crippen molar-refractivity contribution in [2.75, 3.05) is 32.7 Å². The van der Waals surface area contributed by atoms with E-state index < -0.39 is 0 Å². The predicted molar refractivity (Wildman–Crippen MR) is 62.8 cm³/mol. The van der Waals surface area contributed by atoms with Gasteiger partial charge in [-0.05, 0) is 0 Å². The number of nitrogens with zero attached hydrogens (tertiary/aromatic N) is 1. The molecule has 0 aromatic heterocycles. The van der Waals surface area contributed by atoms with E-state index in [0.717, 1.165) is 0 Å². The van der Waals surface area contributed by atoms with Gasteiger partial charge in [0.25, 0.3) is 0 Å². The van der Waals surface area contributed by atoms with Crippen LogP contribution < -0.4 is 0 Å². The standard InChI is InChI=1S/C11H18ClNO4/c1-8(6-12)11(15)13-3-4-17-9(7-13)5-10(14)16-2/h8-9H,3-7H2,1-2H3. The fourth-order valence-corrected chi connectivity index (χ4v) is 1.82. The van der Waals surface area contributed by atoms with Crippen LogP contribution in [0.4, 0.5) is 0 Å². The monoisotopic (exact) mass is 263 g/mol. The fraction of sp³-hybridized carbons (Fsp3) is 0.818. The lowest BCUT2D eigenvalue weighted by atomic mass is 10.1. The summed E-state index contributed by atoms with van der Waals surface area (Å²) < 4.78 is 9.99. The maximum Gasteiger partial charge on any atom is 0.308 e. The Morgan fingerprint density at radius 1 is 1.59 bits per heavy atom. The Hall–Kier alpha value is -0.810. The first-order valence-corrected chi connectivity index (χ1v) is 6.15. The number of hydrogen-bond donors (Lipinski definition) is 0. The van der Waals surface area contributed by atoms with Crippen molar-refractivity contribution < 1.29 is 19.1 Å². The molecule has 2 unspecified atom stereocenters. The lowest BCUT2D eigenvalue weighted by Crippen LogP contribution is -2.48. The highest BCUT2D eigenvalue weighted by Crippen LogP contribution is 2.13. The van der Waals surface area contributed by atoms with Gasteiger partial charge in [0, 0.05) is 24.9 Å². The molecule has 0 aliphatic carbocycles. The van der Waals surface area contributed by atoms with Crippen LogP contribution in [0.5, 0.6) is 0 Å². The quantitative estimate of drug-likeness (QED) is 0.552. The van der Waals surface area contributed by atoms with Crippen molar-refractivity contribution >= 4 is 23.5 Å². The number of carbonyl (C=O) groups excluding carboxylic acids is 2. The summed E-state index contributed by atoms with van der Waals surface area (Å²) in [6.07, 6.45) is -0.0992. The molecule has 0 N–H and O–H groups in total. The van der Waals surface area contributed by atoms with E-state index >= 15 is 0 Å². The van der Waals surface area contributed by atoms with Crippen molar-refractivity contribution in [3.8, 4) is 0 Å². The molecule has 6 heteroatoms. The third-order valence-corrected chi connectivity index (χ3v) is 3.19.